The van der Waals surface area contributed by atoms with Crippen LogP contribution in [0.25, 0.3) is 0 Å². The average molecular weight is 255 g/mol. The molecule has 0 aliphatic rings. The number of hydrogen-bond donors (Lipinski definition) is 3. The first-order chi connectivity index (χ1) is 8.76. The SMILES string of the molecule is CCNC(=O)CCNCc1cn(CCCO)nn1. The summed E-state index contributed by atoms with van der Waals surface area (Å²) in [7, 11) is 0. The molecule has 0 atom stereocenters. The van der Waals surface area contributed by atoms with Gasteiger partial charge in [-0.15, -0.1) is 5.10 Å². The van der Waals surface area contributed by atoms with Gasteiger partial charge in [0.05, 0.1) is 5.69 Å². The molecule has 1 heterocycles. The minimum Gasteiger partial charge on any atom is -0.396 e. The molecule has 0 saturated carbocycles. The summed E-state index contributed by atoms with van der Waals surface area (Å²) in [6, 6.07) is 0. The fourth-order valence-electron chi connectivity index (χ4n) is 1.47. The van der Waals surface area contributed by atoms with Crippen molar-refractivity contribution in [1.82, 2.24) is 25.6 Å². The van der Waals surface area contributed by atoms with Crippen molar-refractivity contribution in [2.45, 2.75) is 32.9 Å². The molecule has 102 valence electrons. The molecule has 0 aliphatic carbocycles. The van der Waals surface area contributed by atoms with E-state index in [0.717, 1.165) is 5.69 Å². The largest absolute Gasteiger partial charge is 0.396 e. The third kappa shape index (κ3) is 5.74. The molecule has 1 aromatic rings. The van der Waals surface area contributed by atoms with Gasteiger partial charge in [-0.2, -0.15) is 0 Å². The molecule has 1 rings (SSSR count). The topological polar surface area (TPSA) is 92.1 Å². The van der Waals surface area contributed by atoms with Crippen LogP contribution in [0.4, 0.5) is 0 Å². The summed E-state index contributed by atoms with van der Waals surface area (Å²) in [4.78, 5) is 11.2. The van der Waals surface area contributed by atoms with Crippen LogP contribution in [-0.4, -0.2) is 45.7 Å². The molecule has 0 radical (unpaired) electrons. The molecule has 18 heavy (non-hydrogen) atoms. The normalized spacial score (nSPS) is 10.6. The highest BCUT2D eigenvalue weighted by molar-refractivity contribution is 5.75. The summed E-state index contributed by atoms with van der Waals surface area (Å²) in [6.45, 7) is 4.60. The Bertz CT molecular complexity index is 353. The van der Waals surface area contributed by atoms with Crippen LogP contribution < -0.4 is 10.6 Å². The van der Waals surface area contributed by atoms with Crippen molar-refractivity contribution >= 4 is 5.91 Å². The van der Waals surface area contributed by atoms with Crippen LogP contribution >= 0.6 is 0 Å². The molecular weight excluding hydrogens is 234 g/mol. The standard InChI is InChI=1S/C11H21N5O2/c1-2-13-11(18)4-5-12-8-10-9-16(15-14-10)6-3-7-17/h9,12,17H,2-8H2,1H3,(H,13,18). The second-order valence-electron chi connectivity index (χ2n) is 3.93. The van der Waals surface area contributed by atoms with Gasteiger partial charge in [0.2, 0.25) is 5.91 Å². The summed E-state index contributed by atoms with van der Waals surface area (Å²) in [5, 5.41) is 22.5. The van der Waals surface area contributed by atoms with Gasteiger partial charge in [0.1, 0.15) is 0 Å². The van der Waals surface area contributed by atoms with Gasteiger partial charge >= 0.3 is 0 Å². The molecule has 7 nitrogen and oxygen atoms in total. The van der Waals surface area contributed by atoms with Gasteiger partial charge in [0, 0.05) is 45.4 Å². The molecule has 0 aromatic carbocycles. The highest BCUT2D eigenvalue weighted by atomic mass is 16.3. The second kappa shape index (κ2) is 8.60. The third-order valence-corrected chi connectivity index (χ3v) is 2.34. The van der Waals surface area contributed by atoms with Crippen LogP contribution in [0.1, 0.15) is 25.5 Å². The van der Waals surface area contributed by atoms with Gasteiger partial charge < -0.3 is 15.7 Å². The molecule has 0 unspecified atom stereocenters. The molecule has 0 bridgehead atoms. The number of carbonyl (C=O) groups excluding carboxylic acids is 1. The predicted molar refractivity (Wildman–Crippen MR) is 66.7 cm³/mol. The van der Waals surface area contributed by atoms with Crippen molar-refractivity contribution in [2.75, 3.05) is 19.7 Å². The van der Waals surface area contributed by atoms with Crippen LogP contribution in [0.5, 0.6) is 0 Å². The minimum atomic E-state index is 0.0524. The van der Waals surface area contributed by atoms with E-state index in [0.29, 0.717) is 39.0 Å². The van der Waals surface area contributed by atoms with Crippen LogP contribution in [-0.2, 0) is 17.9 Å². The fraction of sp³-hybridized carbons (Fsp3) is 0.727. The lowest BCUT2D eigenvalue weighted by Gasteiger charge is -2.02. The molecule has 7 heteroatoms. The van der Waals surface area contributed by atoms with Gasteiger partial charge in [-0.05, 0) is 13.3 Å². The Morgan fingerprint density at radius 2 is 2.39 bits per heavy atom. The average Bonchev–Trinajstić information content (AvgIpc) is 2.80. The molecule has 0 fully saturated rings. The van der Waals surface area contributed by atoms with Gasteiger partial charge in [-0.1, -0.05) is 5.21 Å². The molecule has 0 spiro atoms. The summed E-state index contributed by atoms with van der Waals surface area (Å²) < 4.78 is 1.71. The fourth-order valence-corrected chi connectivity index (χ4v) is 1.47. The maximum absolute atomic E-state index is 11.2. The first-order valence-corrected chi connectivity index (χ1v) is 6.23. The van der Waals surface area contributed by atoms with Crippen molar-refractivity contribution < 1.29 is 9.90 Å². The number of hydrogen-bond acceptors (Lipinski definition) is 5. The maximum Gasteiger partial charge on any atom is 0.221 e. The second-order valence-corrected chi connectivity index (χ2v) is 3.93. The van der Waals surface area contributed by atoms with E-state index in [1.807, 2.05) is 13.1 Å². The van der Waals surface area contributed by atoms with Gasteiger partial charge in [-0.25, -0.2) is 0 Å². The van der Waals surface area contributed by atoms with Gasteiger partial charge in [0.15, 0.2) is 0 Å². The number of rotatable bonds is 9. The first kappa shape index (κ1) is 14.6. The molecule has 3 N–H and O–H groups in total. The molecule has 0 aliphatic heterocycles. The highest BCUT2D eigenvalue weighted by Crippen LogP contribution is 1.94. The summed E-state index contributed by atoms with van der Waals surface area (Å²) in [5.41, 5.74) is 0.837. The number of nitrogens with one attached hydrogen (secondary N) is 2. The number of aliphatic hydroxyl groups excluding tert-OH is 1. The van der Waals surface area contributed by atoms with Crippen LogP contribution in [0.15, 0.2) is 6.20 Å². The lowest BCUT2D eigenvalue weighted by Crippen LogP contribution is -2.27. The number of aryl methyl sites for hydroxylation is 1. The summed E-state index contributed by atoms with van der Waals surface area (Å²) in [6.07, 6.45) is 2.98. The third-order valence-electron chi connectivity index (χ3n) is 2.34. The van der Waals surface area contributed by atoms with E-state index in [9.17, 15) is 4.79 Å². The highest BCUT2D eigenvalue weighted by Gasteiger charge is 2.01. The van der Waals surface area contributed by atoms with E-state index in [1.165, 1.54) is 0 Å². The zero-order chi connectivity index (χ0) is 13.2. The first-order valence-electron chi connectivity index (χ1n) is 6.23. The molecule has 0 saturated heterocycles. The Hall–Kier alpha value is -1.47. The van der Waals surface area contributed by atoms with E-state index < -0.39 is 0 Å². The Morgan fingerprint density at radius 3 is 3.11 bits per heavy atom. The Balaban J connectivity index is 2.15. The Labute approximate surface area is 107 Å². The zero-order valence-corrected chi connectivity index (χ0v) is 10.7. The van der Waals surface area contributed by atoms with E-state index in [4.69, 9.17) is 5.11 Å². The predicted octanol–water partition coefficient (Wildman–Crippen LogP) is -0.724. The van der Waals surface area contributed by atoms with E-state index in [2.05, 4.69) is 20.9 Å². The lowest BCUT2D eigenvalue weighted by molar-refractivity contribution is -0.120. The number of aromatic nitrogens is 3. The van der Waals surface area contributed by atoms with E-state index in [1.54, 1.807) is 4.68 Å². The van der Waals surface area contributed by atoms with E-state index >= 15 is 0 Å². The van der Waals surface area contributed by atoms with Crippen LogP contribution in [0.3, 0.4) is 0 Å². The zero-order valence-electron chi connectivity index (χ0n) is 10.7. The van der Waals surface area contributed by atoms with Gasteiger partial charge in [-0.3, -0.25) is 9.48 Å². The van der Waals surface area contributed by atoms with Crippen molar-refractivity contribution in [3.8, 4) is 0 Å². The van der Waals surface area contributed by atoms with Crippen molar-refractivity contribution in [2.24, 2.45) is 0 Å². The maximum atomic E-state index is 11.2. The molecule has 1 aromatic heterocycles. The monoisotopic (exact) mass is 255 g/mol. The van der Waals surface area contributed by atoms with Gasteiger partial charge in [0.25, 0.3) is 0 Å². The number of nitrogens with zero attached hydrogens (tertiary/aromatic N) is 3. The molecule has 1 amide bonds. The van der Waals surface area contributed by atoms with Crippen molar-refractivity contribution in [1.29, 1.82) is 0 Å². The summed E-state index contributed by atoms with van der Waals surface area (Å²) >= 11 is 0. The number of carbonyl (C=O) groups is 1. The number of aliphatic hydroxyl groups is 1. The van der Waals surface area contributed by atoms with E-state index in [-0.39, 0.29) is 12.5 Å². The minimum absolute atomic E-state index is 0.0524. The number of amides is 1. The summed E-state index contributed by atoms with van der Waals surface area (Å²) in [5.74, 6) is 0.0524. The lowest BCUT2D eigenvalue weighted by atomic mass is 10.3. The quantitative estimate of drug-likeness (QED) is 0.506. The molecular formula is C11H21N5O2. The Morgan fingerprint density at radius 1 is 1.56 bits per heavy atom. The van der Waals surface area contributed by atoms with Crippen molar-refractivity contribution in [3.05, 3.63) is 11.9 Å². The smallest absolute Gasteiger partial charge is 0.221 e. The van der Waals surface area contributed by atoms with Crippen LogP contribution in [0, 0.1) is 0 Å². The van der Waals surface area contributed by atoms with Crippen LogP contribution in [0.2, 0.25) is 0 Å². The van der Waals surface area contributed by atoms with Crippen molar-refractivity contribution in [3.63, 3.8) is 0 Å². The Kier molecular flexibility index (Phi) is 6.97.